The Morgan fingerprint density at radius 2 is 2.07 bits per heavy atom. The van der Waals surface area contributed by atoms with Crippen LogP contribution in [-0.4, -0.2) is 11.7 Å². The number of unbranched alkanes of at least 4 members (excludes halogenated alkanes) is 1. The van der Waals surface area contributed by atoms with Crippen LogP contribution in [0.4, 0.5) is 4.39 Å². The zero-order valence-electron chi connectivity index (χ0n) is 8.39. The van der Waals surface area contributed by atoms with Crippen molar-refractivity contribution in [1.82, 2.24) is 0 Å². The number of rotatable bonds is 4. The number of halogens is 1. The summed E-state index contributed by atoms with van der Waals surface area (Å²) >= 11 is 0. The maximum Gasteiger partial charge on any atom is 0.167 e. The molecule has 0 radical (unpaired) electrons. The molecule has 0 spiro atoms. The van der Waals surface area contributed by atoms with Crippen molar-refractivity contribution in [2.45, 2.75) is 26.2 Å². The van der Waals surface area contributed by atoms with Gasteiger partial charge in [-0.15, -0.1) is 0 Å². The second-order valence-corrected chi connectivity index (χ2v) is 3.50. The van der Waals surface area contributed by atoms with Gasteiger partial charge in [-0.1, -0.05) is 6.07 Å². The van der Waals surface area contributed by atoms with Crippen LogP contribution in [0.1, 0.15) is 24.0 Å². The quantitative estimate of drug-likeness (QED) is 0.726. The highest BCUT2D eigenvalue weighted by molar-refractivity contribution is 5.34. The summed E-state index contributed by atoms with van der Waals surface area (Å²) in [6.45, 7) is 2.46. The van der Waals surface area contributed by atoms with Gasteiger partial charge in [-0.2, -0.15) is 0 Å². The Morgan fingerprint density at radius 1 is 1.36 bits per heavy atom. The number of phenolic OH excluding ortho intramolecular Hbond substituents is 1. The van der Waals surface area contributed by atoms with Crippen LogP contribution in [0.5, 0.6) is 5.75 Å². The van der Waals surface area contributed by atoms with Crippen LogP contribution in [0.2, 0.25) is 0 Å². The molecule has 0 saturated heterocycles. The van der Waals surface area contributed by atoms with Crippen molar-refractivity contribution in [3.05, 3.63) is 29.1 Å². The van der Waals surface area contributed by atoms with Crippen molar-refractivity contribution in [1.29, 1.82) is 0 Å². The second-order valence-electron chi connectivity index (χ2n) is 3.50. The molecule has 14 heavy (non-hydrogen) atoms. The van der Waals surface area contributed by atoms with E-state index in [0.29, 0.717) is 18.5 Å². The summed E-state index contributed by atoms with van der Waals surface area (Å²) in [7, 11) is 0. The molecule has 3 N–H and O–H groups in total. The molecule has 0 fully saturated rings. The normalized spacial score (nSPS) is 10.5. The van der Waals surface area contributed by atoms with Gasteiger partial charge in [0.2, 0.25) is 0 Å². The Labute approximate surface area is 83.6 Å². The fraction of sp³-hybridized carbons (Fsp3) is 0.455. The van der Waals surface area contributed by atoms with Crippen LogP contribution < -0.4 is 5.73 Å². The molecule has 0 aliphatic heterocycles. The molecule has 0 unspecified atom stereocenters. The van der Waals surface area contributed by atoms with Crippen LogP contribution in [0.3, 0.4) is 0 Å². The molecule has 1 rings (SSSR count). The molecule has 0 saturated carbocycles. The third-order valence-corrected chi connectivity index (χ3v) is 2.17. The highest BCUT2D eigenvalue weighted by atomic mass is 19.1. The minimum Gasteiger partial charge on any atom is -0.505 e. The first-order chi connectivity index (χ1) is 6.65. The lowest BCUT2D eigenvalue weighted by Gasteiger charge is -2.05. The summed E-state index contributed by atoms with van der Waals surface area (Å²) in [4.78, 5) is 0. The molecule has 0 aliphatic carbocycles. The van der Waals surface area contributed by atoms with Crippen molar-refractivity contribution >= 4 is 0 Å². The summed E-state index contributed by atoms with van der Waals surface area (Å²) in [6.07, 6.45) is 2.38. The van der Waals surface area contributed by atoms with E-state index in [1.54, 1.807) is 6.07 Å². The monoisotopic (exact) mass is 197 g/mol. The molecule has 3 heteroatoms. The van der Waals surface area contributed by atoms with E-state index in [9.17, 15) is 9.50 Å². The average molecular weight is 197 g/mol. The molecule has 1 aromatic rings. The zero-order valence-corrected chi connectivity index (χ0v) is 8.39. The predicted molar refractivity (Wildman–Crippen MR) is 54.8 cm³/mol. The average Bonchev–Trinajstić information content (AvgIpc) is 2.13. The Bertz CT molecular complexity index is 312. The van der Waals surface area contributed by atoms with Crippen LogP contribution in [0.25, 0.3) is 0 Å². The summed E-state index contributed by atoms with van der Waals surface area (Å²) < 4.78 is 13.3. The van der Waals surface area contributed by atoms with Gasteiger partial charge in [0.25, 0.3) is 0 Å². The minimum absolute atomic E-state index is 0.257. The van der Waals surface area contributed by atoms with Gasteiger partial charge in [-0.25, -0.2) is 4.39 Å². The van der Waals surface area contributed by atoms with Gasteiger partial charge >= 0.3 is 0 Å². The van der Waals surface area contributed by atoms with E-state index in [1.165, 1.54) is 6.07 Å². The lowest BCUT2D eigenvalue weighted by molar-refractivity contribution is 0.427. The molecule has 0 amide bonds. The Balaban J connectivity index is 2.75. The fourth-order valence-corrected chi connectivity index (χ4v) is 1.47. The van der Waals surface area contributed by atoms with Crippen molar-refractivity contribution in [3.63, 3.8) is 0 Å². The summed E-state index contributed by atoms with van der Waals surface area (Å²) in [6, 6.07) is 3.20. The van der Waals surface area contributed by atoms with Crippen LogP contribution in [0, 0.1) is 12.7 Å². The van der Waals surface area contributed by atoms with Crippen molar-refractivity contribution in [2.24, 2.45) is 5.73 Å². The molecule has 0 aromatic heterocycles. The highest BCUT2D eigenvalue weighted by Gasteiger charge is 2.07. The molecule has 2 nitrogen and oxygen atoms in total. The maximum atomic E-state index is 13.3. The maximum absolute atomic E-state index is 13.3. The minimum atomic E-state index is -0.493. The number of aryl methyl sites for hydroxylation is 2. The highest BCUT2D eigenvalue weighted by Crippen LogP contribution is 2.22. The zero-order chi connectivity index (χ0) is 10.6. The molecule has 0 bridgehead atoms. The summed E-state index contributed by atoms with van der Waals surface area (Å²) in [5.74, 6) is -0.750. The first-order valence-electron chi connectivity index (χ1n) is 4.83. The lowest BCUT2D eigenvalue weighted by Crippen LogP contribution is -2.00. The van der Waals surface area contributed by atoms with Gasteiger partial charge in [0.1, 0.15) is 0 Å². The number of hydrogen-bond donors (Lipinski definition) is 2. The van der Waals surface area contributed by atoms with E-state index >= 15 is 0 Å². The Kier molecular flexibility index (Phi) is 3.89. The van der Waals surface area contributed by atoms with E-state index in [1.807, 2.05) is 6.92 Å². The standard InChI is InChI=1S/C11H16FNO/c1-8-6-9(4-2-3-5-13)11(12)10(14)7-8/h6-7,14H,2-5,13H2,1H3. The van der Waals surface area contributed by atoms with E-state index in [2.05, 4.69) is 0 Å². The van der Waals surface area contributed by atoms with Crippen molar-refractivity contribution in [3.8, 4) is 5.75 Å². The number of phenols is 1. The third-order valence-electron chi connectivity index (χ3n) is 2.17. The molecule has 0 atom stereocenters. The first kappa shape index (κ1) is 11.0. The predicted octanol–water partition coefficient (Wildman–Crippen LogP) is 2.12. The van der Waals surface area contributed by atoms with Gasteiger partial charge in [-0.3, -0.25) is 0 Å². The van der Waals surface area contributed by atoms with Crippen molar-refractivity contribution < 1.29 is 9.50 Å². The van der Waals surface area contributed by atoms with Crippen LogP contribution in [0.15, 0.2) is 12.1 Å². The smallest absolute Gasteiger partial charge is 0.167 e. The number of nitrogens with two attached hydrogens (primary N) is 1. The number of aromatic hydroxyl groups is 1. The van der Waals surface area contributed by atoms with Crippen LogP contribution >= 0.6 is 0 Å². The molecule has 0 aliphatic rings. The van der Waals surface area contributed by atoms with E-state index in [4.69, 9.17) is 5.73 Å². The molecule has 1 aromatic carbocycles. The van der Waals surface area contributed by atoms with Gasteiger partial charge < -0.3 is 10.8 Å². The van der Waals surface area contributed by atoms with Crippen LogP contribution in [-0.2, 0) is 6.42 Å². The van der Waals surface area contributed by atoms with Crippen molar-refractivity contribution in [2.75, 3.05) is 6.54 Å². The van der Waals surface area contributed by atoms with Gasteiger partial charge in [0.15, 0.2) is 11.6 Å². The van der Waals surface area contributed by atoms with Gasteiger partial charge in [-0.05, 0) is 49.9 Å². The molecular formula is C11H16FNO. The Hall–Kier alpha value is -1.09. The van der Waals surface area contributed by atoms with E-state index in [0.717, 1.165) is 18.4 Å². The Morgan fingerprint density at radius 3 is 2.71 bits per heavy atom. The fourth-order valence-electron chi connectivity index (χ4n) is 1.47. The summed E-state index contributed by atoms with van der Waals surface area (Å²) in [5.41, 5.74) is 6.81. The molecule has 0 heterocycles. The van der Waals surface area contributed by atoms with E-state index in [-0.39, 0.29) is 5.75 Å². The van der Waals surface area contributed by atoms with E-state index < -0.39 is 5.82 Å². The summed E-state index contributed by atoms with van der Waals surface area (Å²) in [5, 5.41) is 9.24. The SMILES string of the molecule is Cc1cc(O)c(F)c(CCCCN)c1. The third kappa shape index (κ3) is 2.70. The van der Waals surface area contributed by atoms with Gasteiger partial charge in [0.05, 0.1) is 0 Å². The first-order valence-corrected chi connectivity index (χ1v) is 4.83. The number of hydrogen-bond acceptors (Lipinski definition) is 2. The molecular weight excluding hydrogens is 181 g/mol. The lowest BCUT2D eigenvalue weighted by atomic mass is 10.0. The second kappa shape index (κ2) is 4.96. The number of benzene rings is 1. The molecule has 78 valence electrons. The largest absolute Gasteiger partial charge is 0.505 e. The van der Waals surface area contributed by atoms with Gasteiger partial charge in [0, 0.05) is 0 Å². The topological polar surface area (TPSA) is 46.2 Å².